The molecule has 0 saturated carbocycles. The maximum Gasteiger partial charge on any atom is 0.166 e. The maximum absolute atomic E-state index is 10.5. The molecule has 2 fully saturated rings. The van der Waals surface area contributed by atoms with Crippen molar-refractivity contribution in [2.45, 2.75) is 68.6 Å². The molecule has 0 aromatic carbocycles. The molecule has 2 aliphatic heterocycles. The molecule has 8 atom stereocenters. The Hall–Kier alpha value is -4.94. The van der Waals surface area contributed by atoms with E-state index in [4.69, 9.17) is 9.47 Å². The predicted molar refractivity (Wildman–Crippen MR) is 159 cm³/mol. The summed E-state index contributed by atoms with van der Waals surface area (Å²) in [5.74, 6) is 0. The van der Waals surface area contributed by atoms with Gasteiger partial charge in [0.15, 0.2) is 23.8 Å². The summed E-state index contributed by atoms with van der Waals surface area (Å²) in [5.41, 5.74) is 3.22. The summed E-state index contributed by atoms with van der Waals surface area (Å²) in [6.07, 6.45) is 0.565. The zero-order valence-corrected chi connectivity index (χ0v) is 25.4. The Morgan fingerprint density at radius 3 is 1.45 bits per heavy atom. The molecule has 8 heterocycles. The van der Waals surface area contributed by atoms with Crippen molar-refractivity contribution in [3.8, 4) is 22.8 Å². The lowest BCUT2D eigenvalue weighted by atomic mass is 10.1. The fourth-order valence-electron chi connectivity index (χ4n) is 6.10. The Labute approximate surface area is 273 Å². The van der Waals surface area contributed by atoms with Gasteiger partial charge in [0.05, 0.1) is 38.3 Å². The van der Waals surface area contributed by atoms with Crippen molar-refractivity contribution in [3.05, 3.63) is 37.7 Å². The normalized spacial score (nSPS) is 27.2. The minimum absolute atomic E-state index is 0.350. The van der Waals surface area contributed by atoms with E-state index < -0.39 is 62.3 Å². The first-order valence-electron chi connectivity index (χ1n) is 15.3. The second-order valence-electron chi connectivity index (χ2n) is 11.6. The van der Waals surface area contributed by atoms with Crippen molar-refractivity contribution in [1.82, 2.24) is 69.0 Å². The van der Waals surface area contributed by atoms with E-state index in [-0.39, 0.29) is 0 Å². The molecular formula is C27H30N14O8. The zero-order valence-electron chi connectivity index (χ0n) is 25.4. The number of imidazole rings is 2. The maximum atomic E-state index is 10.5. The van der Waals surface area contributed by atoms with Crippen LogP contribution in [0, 0.1) is 0 Å². The van der Waals surface area contributed by atoms with Crippen LogP contribution in [-0.4, -0.2) is 150 Å². The molecule has 0 radical (unpaired) electrons. The second kappa shape index (κ2) is 12.5. The lowest BCUT2D eigenvalue weighted by Gasteiger charge is -2.16. The van der Waals surface area contributed by atoms with Gasteiger partial charge in [-0.1, -0.05) is 10.4 Å². The zero-order chi connectivity index (χ0) is 33.8. The Morgan fingerprint density at radius 1 is 0.592 bits per heavy atom. The third kappa shape index (κ3) is 5.30. The van der Waals surface area contributed by atoms with Gasteiger partial charge < -0.3 is 40.1 Å². The summed E-state index contributed by atoms with van der Waals surface area (Å²) in [6.45, 7) is 0.0634. The Bertz CT molecular complexity index is 1950. The topological polar surface area (TPSA) is 288 Å². The van der Waals surface area contributed by atoms with E-state index in [0.717, 1.165) is 0 Å². The molecule has 0 bridgehead atoms. The molecule has 0 aliphatic carbocycles. The molecule has 22 heteroatoms. The molecule has 0 spiro atoms. The van der Waals surface area contributed by atoms with Gasteiger partial charge in [0.25, 0.3) is 0 Å². The van der Waals surface area contributed by atoms with Crippen molar-refractivity contribution < 1.29 is 40.1 Å². The molecule has 256 valence electrons. The third-order valence-corrected chi connectivity index (χ3v) is 8.64. The van der Waals surface area contributed by atoms with Gasteiger partial charge in [0, 0.05) is 13.1 Å². The SMILES string of the molecule is OC[C@H]1O[C@@H](n2cnc3c(-c4cn(CCCn5cc(-c6ncnc7c6ncn7[C@@H]6O[C@H](CO)[C@@H](O)[C@H]6O)nn5)nn4)ncnc32)[C@H](O)[C@@H]1O. The van der Waals surface area contributed by atoms with Crippen LogP contribution in [0.1, 0.15) is 18.9 Å². The number of fused-ring (bicyclic) bond motifs is 2. The first-order valence-corrected chi connectivity index (χ1v) is 15.3. The average Bonchev–Trinajstić information content (AvgIpc) is 3.98. The highest BCUT2D eigenvalue weighted by molar-refractivity contribution is 5.86. The van der Waals surface area contributed by atoms with Crippen LogP contribution < -0.4 is 0 Å². The van der Waals surface area contributed by atoms with Gasteiger partial charge in [-0.3, -0.25) is 18.5 Å². The van der Waals surface area contributed by atoms with Crippen LogP contribution in [0.15, 0.2) is 37.7 Å². The molecule has 22 nitrogen and oxygen atoms in total. The van der Waals surface area contributed by atoms with Gasteiger partial charge in [0.1, 0.15) is 83.1 Å². The quantitative estimate of drug-likeness (QED) is 0.0831. The molecular weight excluding hydrogens is 648 g/mol. The summed E-state index contributed by atoms with van der Waals surface area (Å²) in [6, 6.07) is 0. The van der Waals surface area contributed by atoms with Gasteiger partial charge in [0.2, 0.25) is 0 Å². The monoisotopic (exact) mass is 678 g/mol. The summed E-state index contributed by atoms with van der Waals surface area (Å²) in [7, 11) is 0. The number of hydrogen-bond acceptors (Lipinski definition) is 18. The van der Waals surface area contributed by atoms with Crippen LogP contribution in [0.4, 0.5) is 0 Å². The molecule has 8 rings (SSSR count). The van der Waals surface area contributed by atoms with Crippen LogP contribution in [0.3, 0.4) is 0 Å². The fraction of sp³-hybridized carbons (Fsp3) is 0.481. The molecule has 6 aromatic heterocycles. The molecule has 0 amide bonds. The lowest BCUT2D eigenvalue weighted by molar-refractivity contribution is -0.0511. The van der Waals surface area contributed by atoms with Gasteiger partial charge in [-0.2, -0.15) is 0 Å². The van der Waals surface area contributed by atoms with Crippen molar-refractivity contribution in [3.63, 3.8) is 0 Å². The van der Waals surface area contributed by atoms with Crippen molar-refractivity contribution in [2.24, 2.45) is 0 Å². The smallest absolute Gasteiger partial charge is 0.166 e. The minimum atomic E-state index is -1.29. The second-order valence-corrected chi connectivity index (χ2v) is 11.6. The summed E-state index contributed by atoms with van der Waals surface area (Å²) in [5, 5.41) is 77.1. The van der Waals surface area contributed by atoms with E-state index in [1.807, 2.05) is 0 Å². The van der Waals surface area contributed by atoms with E-state index in [1.165, 1.54) is 34.4 Å². The number of aliphatic hydroxyl groups excluding tert-OH is 6. The average molecular weight is 679 g/mol. The Balaban J connectivity index is 0.939. The van der Waals surface area contributed by atoms with E-state index in [1.54, 1.807) is 21.8 Å². The van der Waals surface area contributed by atoms with Crippen LogP contribution >= 0.6 is 0 Å². The largest absolute Gasteiger partial charge is 0.394 e. The lowest BCUT2D eigenvalue weighted by Crippen LogP contribution is -2.33. The number of ether oxygens (including phenoxy) is 2. The number of aryl methyl sites for hydroxylation is 2. The van der Waals surface area contributed by atoms with E-state index in [2.05, 4.69) is 50.5 Å². The molecule has 6 N–H and O–H groups in total. The van der Waals surface area contributed by atoms with Crippen LogP contribution in [0.25, 0.3) is 45.1 Å². The molecule has 49 heavy (non-hydrogen) atoms. The van der Waals surface area contributed by atoms with Gasteiger partial charge in [-0.05, 0) is 6.42 Å². The Morgan fingerprint density at radius 2 is 1.04 bits per heavy atom. The van der Waals surface area contributed by atoms with Gasteiger partial charge in [-0.15, -0.1) is 10.2 Å². The Kier molecular flexibility index (Phi) is 7.99. The van der Waals surface area contributed by atoms with Gasteiger partial charge in [-0.25, -0.2) is 29.9 Å². The van der Waals surface area contributed by atoms with Crippen molar-refractivity contribution in [2.75, 3.05) is 13.2 Å². The van der Waals surface area contributed by atoms with Crippen molar-refractivity contribution in [1.29, 1.82) is 0 Å². The number of rotatable bonds is 10. The highest BCUT2D eigenvalue weighted by atomic mass is 16.6. The number of hydrogen-bond donors (Lipinski definition) is 6. The molecule has 2 aliphatic rings. The van der Waals surface area contributed by atoms with Crippen LogP contribution in [-0.2, 0) is 22.6 Å². The van der Waals surface area contributed by atoms with E-state index >= 15 is 0 Å². The predicted octanol–water partition coefficient (Wildman–Crippen LogP) is -3.20. The molecule has 0 unspecified atom stereocenters. The van der Waals surface area contributed by atoms with E-state index in [0.29, 0.717) is 64.6 Å². The molecule has 6 aromatic rings. The number of aliphatic hydroxyl groups is 6. The first-order chi connectivity index (χ1) is 23.9. The van der Waals surface area contributed by atoms with Crippen LogP contribution in [0.2, 0.25) is 0 Å². The highest BCUT2D eigenvalue weighted by Crippen LogP contribution is 2.34. The fourth-order valence-corrected chi connectivity index (χ4v) is 6.10. The number of nitrogens with zero attached hydrogens (tertiary/aromatic N) is 14. The van der Waals surface area contributed by atoms with Gasteiger partial charge >= 0.3 is 0 Å². The minimum Gasteiger partial charge on any atom is -0.394 e. The summed E-state index contributed by atoms with van der Waals surface area (Å²) in [4.78, 5) is 26.0. The third-order valence-electron chi connectivity index (χ3n) is 8.64. The molecule has 2 saturated heterocycles. The van der Waals surface area contributed by atoms with Crippen LogP contribution in [0.5, 0.6) is 0 Å². The standard InChI is InChI=1S/C27H30N14O8/c42-6-14-20(44)22(46)26(48-14)40-10-32-18-16(28-8-30-24(18)40)12-4-38(36-34-12)2-1-3-39-5-13(35-37-39)17-19-25(31-9-29-17)41(11-33-19)27-23(47)21(45)15(7-43)49-27/h4-5,8-11,14-15,20-23,26-27,42-47H,1-3,6-7H2/t14-,15-,20-,21-,22-,23-,26-,27-/m1/s1. The number of aromatic nitrogens is 14. The highest BCUT2D eigenvalue weighted by Gasteiger charge is 2.45. The van der Waals surface area contributed by atoms with Crippen molar-refractivity contribution >= 4 is 22.3 Å². The summed E-state index contributed by atoms with van der Waals surface area (Å²) >= 11 is 0. The first kappa shape index (κ1) is 31.3. The summed E-state index contributed by atoms with van der Waals surface area (Å²) < 4.78 is 17.5. The van der Waals surface area contributed by atoms with E-state index in [9.17, 15) is 30.6 Å².